The van der Waals surface area contributed by atoms with Crippen LogP contribution in [0.1, 0.15) is 51.9 Å². The summed E-state index contributed by atoms with van der Waals surface area (Å²) in [6, 6.07) is 0.358. The molecule has 0 aromatic carbocycles. The van der Waals surface area contributed by atoms with Gasteiger partial charge in [-0.25, -0.2) is 0 Å². The van der Waals surface area contributed by atoms with Crippen molar-refractivity contribution in [3.05, 3.63) is 0 Å². The van der Waals surface area contributed by atoms with E-state index in [4.69, 9.17) is 0 Å². The molecule has 0 N–H and O–H groups in total. The van der Waals surface area contributed by atoms with E-state index >= 15 is 0 Å². The minimum atomic E-state index is 0.0561. The lowest BCUT2D eigenvalue weighted by molar-refractivity contribution is -0.143. The van der Waals surface area contributed by atoms with E-state index in [1.54, 1.807) is 0 Å². The van der Waals surface area contributed by atoms with Crippen molar-refractivity contribution in [2.75, 3.05) is 52.4 Å². The van der Waals surface area contributed by atoms with Crippen LogP contribution in [0.5, 0.6) is 0 Å². The Morgan fingerprint density at radius 1 is 0.690 bits per heavy atom. The summed E-state index contributed by atoms with van der Waals surface area (Å²) in [5.41, 5.74) is 0. The summed E-state index contributed by atoms with van der Waals surface area (Å²) in [7, 11) is 0. The third-order valence-electron chi connectivity index (χ3n) is 7.25. The fraction of sp³-hybridized carbons (Fsp3) is 0.864. The number of nitrogens with zero attached hydrogens (tertiary/aromatic N) is 4. The Kier molecular flexibility index (Phi) is 6.42. The van der Waals surface area contributed by atoms with Crippen molar-refractivity contribution in [1.29, 1.82) is 0 Å². The molecule has 3 saturated heterocycles. The van der Waals surface area contributed by atoms with Crippen molar-refractivity contribution in [2.24, 2.45) is 11.8 Å². The Morgan fingerprint density at radius 2 is 1.28 bits per heavy atom. The molecule has 0 spiro atoms. The van der Waals surface area contributed by atoms with Gasteiger partial charge in [0.1, 0.15) is 0 Å². The van der Waals surface area contributed by atoms with Crippen LogP contribution in [0.4, 0.5) is 0 Å². The van der Waals surface area contributed by atoms with E-state index in [0.717, 1.165) is 71.2 Å². The number of carbonyl (C=O) groups is 3. The van der Waals surface area contributed by atoms with Crippen molar-refractivity contribution < 1.29 is 14.4 Å². The third-order valence-corrected chi connectivity index (χ3v) is 7.25. The first-order valence-electron chi connectivity index (χ1n) is 11.6. The SMILES string of the molecule is CC1CCCCN1C(=O)CN1CCN(C(=O)C2CCN(C(=O)C3CC3)CC2)CC1. The smallest absolute Gasteiger partial charge is 0.236 e. The van der Waals surface area contributed by atoms with E-state index < -0.39 is 0 Å². The lowest BCUT2D eigenvalue weighted by Crippen LogP contribution is -2.54. The van der Waals surface area contributed by atoms with Crippen LogP contribution in [-0.2, 0) is 14.4 Å². The number of piperidine rings is 2. The molecule has 162 valence electrons. The van der Waals surface area contributed by atoms with Gasteiger partial charge in [0, 0.05) is 63.7 Å². The maximum Gasteiger partial charge on any atom is 0.236 e. The molecule has 3 aliphatic heterocycles. The lowest BCUT2D eigenvalue weighted by Gasteiger charge is -2.40. The summed E-state index contributed by atoms with van der Waals surface area (Å²) < 4.78 is 0. The maximum absolute atomic E-state index is 12.9. The molecular weight excluding hydrogens is 368 g/mol. The normalized spacial score (nSPS) is 27.2. The quantitative estimate of drug-likeness (QED) is 0.706. The largest absolute Gasteiger partial charge is 0.342 e. The highest BCUT2D eigenvalue weighted by molar-refractivity contribution is 5.82. The number of likely N-dealkylation sites (tertiary alicyclic amines) is 2. The molecule has 0 radical (unpaired) electrons. The van der Waals surface area contributed by atoms with Gasteiger partial charge in [-0.05, 0) is 51.9 Å². The van der Waals surface area contributed by atoms with Gasteiger partial charge < -0.3 is 14.7 Å². The van der Waals surface area contributed by atoms with Crippen LogP contribution in [0.2, 0.25) is 0 Å². The molecule has 1 unspecified atom stereocenters. The molecule has 3 amide bonds. The van der Waals surface area contributed by atoms with Crippen LogP contribution in [0.3, 0.4) is 0 Å². The molecule has 0 aromatic rings. The highest BCUT2D eigenvalue weighted by Crippen LogP contribution is 2.32. The van der Waals surface area contributed by atoms with Gasteiger partial charge in [-0.15, -0.1) is 0 Å². The van der Waals surface area contributed by atoms with Crippen molar-refractivity contribution in [2.45, 2.75) is 57.9 Å². The van der Waals surface area contributed by atoms with Crippen LogP contribution in [0, 0.1) is 11.8 Å². The van der Waals surface area contributed by atoms with E-state index in [1.807, 2.05) is 14.7 Å². The maximum atomic E-state index is 12.9. The van der Waals surface area contributed by atoms with E-state index in [2.05, 4.69) is 11.8 Å². The average Bonchev–Trinajstić information content (AvgIpc) is 3.59. The van der Waals surface area contributed by atoms with Gasteiger partial charge in [0.15, 0.2) is 0 Å². The molecule has 4 rings (SSSR count). The van der Waals surface area contributed by atoms with Crippen molar-refractivity contribution in [1.82, 2.24) is 19.6 Å². The van der Waals surface area contributed by atoms with Gasteiger partial charge in [-0.2, -0.15) is 0 Å². The number of rotatable bonds is 4. The molecule has 4 aliphatic rings. The molecular formula is C22H36N4O3. The van der Waals surface area contributed by atoms with Gasteiger partial charge in [-0.1, -0.05) is 0 Å². The average molecular weight is 405 g/mol. The number of carbonyl (C=O) groups excluding carboxylic acids is 3. The lowest BCUT2D eigenvalue weighted by atomic mass is 9.94. The molecule has 1 aliphatic carbocycles. The topological polar surface area (TPSA) is 64.2 Å². The van der Waals surface area contributed by atoms with E-state index in [9.17, 15) is 14.4 Å². The molecule has 1 atom stereocenters. The first kappa shape index (κ1) is 20.6. The van der Waals surface area contributed by atoms with Gasteiger partial charge in [0.05, 0.1) is 6.54 Å². The first-order chi connectivity index (χ1) is 14.0. The zero-order valence-electron chi connectivity index (χ0n) is 17.9. The van der Waals surface area contributed by atoms with Crippen LogP contribution in [0.25, 0.3) is 0 Å². The molecule has 4 fully saturated rings. The first-order valence-corrected chi connectivity index (χ1v) is 11.6. The molecule has 1 saturated carbocycles. The molecule has 29 heavy (non-hydrogen) atoms. The molecule has 0 bridgehead atoms. The van der Waals surface area contributed by atoms with Crippen molar-refractivity contribution >= 4 is 17.7 Å². The monoisotopic (exact) mass is 404 g/mol. The second-order valence-corrected chi connectivity index (χ2v) is 9.41. The summed E-state index contributed by atoms with van der Waals surface area (Å²) in [6.07, 6.45) is 7.12. The summed E-state index contributed by atoms with van der Waals surface area (Å²) in [5.74, 6) is 1.12. The number of piperazine rings is 1. The fourth-order valence-electron chi connectivity index (χ4n) is 5.07. The van der Waals surface area contributed by atoms with Gasteiger partial charge in [0.25, 0.3) is 0 Å². The molecule has 7 heteroatoms. The van der Waals surface area contributed by atoms with Gasteiger partial charge in [-0.3, -0.25) is 19.3 Å². The molecule has 7 nitrogen and oxygen atoms in total. The molecule has 3 heterocycles. The summed E-state index contributed by atoms with van der Waals surface area (Å²) in [6.45, 7) is 7.96. The van der Waals surface area contributed by atoms with Gasteiger partial charge >= 0.3 is 0 Å². The summed E-state index contributed by atoms with van der Waals surface area (Å²) in [5, 5.41) is 0. The predicted molar refractivity (Wildman–Crippen MR) is 110 cm³/mol. The van der Waals surface area contributed by atoms with Crippen LogP contribution < -0.4 is 0 Å². The van der Waals surface area contributed by atoms with E-state index in [0.29, 0.717) is 31.6 Å². The standard InChI is InChI=1S/C22H36N4O3/c1-17-4-2-3-9-26(17)20(27)16-23-12-14-25(15-13-23)22(29)19-7-10-24(11-8-19)21(28)18-5-6-18/h17-19H,2-16H2,1H3. The summed E-state index contributed by atoms with van der Waals surface area (Å²) in [4.78, 5) is 45.9. The Morgan fingerprint density at radius 3 is 1.86 bits per heavy atom. The Labute approximate surface area is 174 Å². The zero-order chi connectivity index (χ0) is 20.4. The number of hydrogen-bond donors (Lipinski definition) is 0. The Hall–Kier alpha value is -1.63. The van der Waals surface area contributed by atoms with Crippen molar-refractivity contribution in [3.8, 4) is 0 Å². The minimum absolute atomic E-state index is 0.0561. The van der Waals surface area contributed by atoms with Crippen LogP contribution in [0.15, 0.2) is 0 Å². The Balaban J connectivity index is 1.19. The molecule has 0 aromatic heterocycles. The minimum Gasteiger partial charge on any atom is -0.342 e. The summed E-state index contributed by atoms with van der Waals surface area (Å²) >= 11 is 0. The van der Waals surface area contributed by atoms with E-state index in [-0.39, 0.29) is 23.7 Å². The highest BCUT2D eigenvalue weighted by Gasteiger charge is 2.37. The van der Waals surface area contributed by atoms with Crippen LogP contribution >= 0.6 is 0 Å². The highest BCUT2D eigenvalue weighted by atomic mass is 16.2. The Bertz CT molecular complexity index is 620. The zero-order valence-corrected chi connectivity index (χ0v) is 17.9. The second-order valence-electron chi connectivity index (χ2n) is 9.41. The number of hydrogen-bond acceptors (Lipinski definition) is 4. The van der Waals surface area contributed by atoms with E-state index in [1.165, 1.54) is 6.42 Å². The fourth-order valence-corrected chi connectivity index (χ4v) is 5.07. The van der Waals surface area contributed by atoms with Crippen molar-refractivity contribution in [3.63, 3.8) is 0 Å². The van der Waals surface area contributed by atoms with Crippen LogP contribution in [-0.4, -0.2) is 95.7 Å². The number of amides is 3. The third kappa shape index (κ3) is 4.93. The second kappa shape index (κ2) is 9.02. The predicted octanol–water partition coefficient (Wildman–Crippen LogP) is 1.18. The van der Waals surface area contributed by atoms with Gasteiger partial charge in [0.2, 0.25) is 17.7 Å².